The summed E-state index contributed by atoms with van der Waals surface area (Å²) >= 11 is 0. The van der Waals surface area contributed by atoms with E-state index < -0.39 is 8.53 Å². The quantitative estimate of drug-likeness (QED) is 0.594. The van der Waals surface area contributed by atoms with E-state index in [2.05, 4.69) is 20.8 Å². The Kier molecular flexibility index (Phi) is 3.11. The minimum atomic E-state index is -0.825. The molecule has 0 aromatic carbocycles. The highest BCUT2D eigenvalue weighted by Gasteiger charge is 2.35. The van der Waals surface area contributed by atoms with Gasteiger partial charge in [0.25, 0.3) is 8.53 Å². The van der Waals surface area contributed by atoms with Gasteiger partial charge in [-0.1, -0.05) is 0 Å². The summed E-state index contributed by atoms with van der Waals surface area (Å²) in [6.45, 7) is 6.33. The number of nitrogens with zero attached hydrogens (tertiary/aromatic N) is 1. The van der Waals surface area contributed by atoms with E-state index in [0.717, 1.165) is 6.42 Å². The van der Waals surface area contributed by atoms with Crippen molar-refractivity contribution in [2.45, 2.75) is 38.9 Å². The average Bonchev–Trinajstić information content (AvgIpc) is 1.82. The van der Waals surface area contributed by atoms with Crippen LogP contribution in [0.4, 0.5) is 0 Å². The van der Waals surface area contributed by atoms with Crippen molar-refractivity contribution in [1.29, 1.82) is 0 Å². The zero-order valence-electron chi connectivity index (χ0n) is 8.50. The standard InChI is InChI=1S/C8H18NO2P/c1-7-6-8(2,3)11-12(10-7)9(4)5/h7H,6H2,1-5H3/t7-,12+/m1/s1. The van der Waals surface area contributed by atoms with Gasteiger partial charge in [-0.2, -0.15) is 0 Å². The molecule has 3 nitrogen and oxygen atoms in total. The summed E-state index contributed by atoms with van der Waals surface area (Å²) in [7, 11) is 3.15. The predicted molar refractivity (Wildman–Crippen MR) is 50.9 cm³/mol. The first kappa shape index (κ1) is 10.4. The van der Waals surface area contributed by atoms with Crippen LogP contribution < -0.4 is 0 Å². The first-order valence-electron chi connectivity index (χ1n) is 4.24. The predicted octanol–water partition coefficient (Wildman–Crippen LogP) is 2.38. The van der Waals surface area contributed by atoms with Crippen LogP contribution in [0.15, 0.2) is 0 Å². The second-order valence-corrected chi connectivity index (χ2v) is 5.73. The monoisotopic (exact) mass is 191 g/mol. The van der Waals surface area contributed by atoms with E-state index >= 15 is 0 Å². The molecule has 72 valence electrons. The molecular weight excluding hydrogens is 173 g/mol. The number of hydrogen-bond acceptors (Lipinski definition) is 3. The van der Waals surface area contributed by atoms with Gasteiger partial charge in [0.2, 0.25) is 0 Å². The van der Waals surface area contributed by atoms with Crippen LogP contribution in [0.25, 0.3) is 0 Å². The first-order chi connectivity index (χ1) is 5.41. The van der Waals surface area contributed by atoms with Gasteiger partial charge in [0, 0.05) is 6.42 Å². The Bertz CT molecular complexity index is 161. The van der Waals surface area contributed by atoms with Gasteiger partial charge in [0.05, 0.1) is 11.7 Å². The molecule has 1 aliphatic heterocycles. The third-order valence-electron chi connectivity index (χ3n) is 1.70. The third-order valence-corrected chi connectivity index (χ3v) is 3.54. The van der Waals surface area contributed by atoms with Crippen LogP contribution in [0.5, 0.6) is 0 Å². The van der Waals surface area contributed by atoms with E-state index in [1.807, 2.05) is 18.8 Å². The molecule has 0 spiro atoms. The van der Waals surface area contributed by atoms with Crippen molar-refractivity contribution in [1.82, 2.24) is 4.67 Å². The third kappa shape index (κ3) is 2.67. The van der Waals surface area contributed by atoms with E-state index in [0.29, 0.717) is 6.10 Å². The van der Waals surface area contributed by atoms with E-state index in [1.54, 1.807) is 0 Å². The molecule has 0 N–H and O–H groups in total. The average molecular weight is 191 g/mol. The maximum atomic E-state index is 5.77. The zero-order valence-corrected chi connectivity index (χ0v) is 9.39. The second kappa shape index (κ2) is 3.59. The lowest BCUT2D eigenvalue weighted by atomic mass is 10.0. The normalized spacial score (nSPS) is 35.5. The highest BCUT2D eigenvalue weighted by atomic mass is 31.2. The maximum absolute atomic E-state index is 5.77. The van der Waals surface area contributed by atoms with Crippen LogP contribution in [-0.4, -0.2) is 30.5 Å². The highest BCUT2D eigenvalue weighted by molar-refractivity contribution is 7.44. The lowest BCUT2D eigenvalue weighted by molar-refractivity contribution is -0.00624. The molecule has 0 saturated carbocycles. The minimum absolute atomic E-state index is 0.0341. The van der Waals surface area contributed by atoms with Crippen LogP contribution in [0, 0.1) is 0 Å². The second-order valence-electron chi connectivity index (χ2n) is 4.06. The lowest BCUT2D eigenvalue weighted by Gasteiger charge is -2.40. The number of rotatable bonds is 1. The molecule has 0 bridgehead atoms. The topological polar surface area (TPSA) is 21.7 Å². The molecule has 1 rings (SSSR count). The molecule has 0 aliphatic carbocycles. The van der Waals surface area contributed by atoms with Gasteiger partial charge in [-0.25, -0.2) is 4.67 Å². The largest absolute Gasteiger partial charge is 0.319 e. The summed E-state index contributed by atoms with van der Waals surface area (Å²) in [6.07, 6.45) is 1.28. The summed E-state index contributed by atoms with van der Waals surface area (Å²) in [5.74, 6) is 0. The van der Waals surface area contributed by atoms with Crippen molar-refractivity contribution in [2.75, 3.05) is 14.1 Å². The fraction of sp³-hybridized carbons (Fsp3) is 1.00. The van der Waals surface area contributed by atoms with Gasteiger partial charge < -0.3 is 9.05 Å². The zero-order chi connectivity index (χ0) is 9.35. The van der Waals surface area contributed by atoms with Crippen molar-refractivity contribution in [2.24, 2.45) is 0 Å². The molecule has 0 amide bonds. The molecule has 12 heavy (non-hydrogen) atoms. The fourth-order valence-corrected chi connectivity index (χ4v) is 2.60. The van der Waals surface area contributed by atoms with Crippen LogP contribution in [0.1, 0.15) is 27.2 Å². The Hall–Kier alpha value is 0.310. The molecule has 0 aromatic rings. The van der Waals surface area contributed by atoms with Gasteiger partial charge in [-0.05, 0) is 34.9 Å². The smallest absolute Gasteiger partial charge is 0.258 e. The molecule has 1 heterocycles. The van der Waals surface area contributed by atoms with Gasteiger partial charge >= 0.3 is 0 Å². The Balaban J connectivity index is 2.58. The molecule has 4 heteroatoms. The van der Waals surface area contributed by atoms with Crippen molar-refractivity contribution in [3.05, 3.63) is 0 Å². The van der Waals surface area contributed by atoms with Crippen molar-refractivity contribution >= 4 is 8.53 Å². The molecule has 2 atom stereocenters. The van der Waals surface area contributed by atoms with Crippen molar-refractivity contribution in [3.8, 4) is 0 Å². The van der Waals surface area contributed by atoms with Gasteiger partial charge in [-0.15, -0.1) is 0 Å². The van der Waals surface area contributed by atoms with Crippen LogP contribution in [0.2, 0.25) is 0 Å². The Morgan fingerprint density at radius 1 is 1.42 bits per heavy atom. The molecule has 1 fully saturated rings. The summed E-state index contributed by atoms with van der Waals surface area (Å²) in [5.41, 5.74) is -0.0341. The Labute approximate surface area is 76.0 Å². The Morgan fingerprint density at radius 3 is 2.42 bits per heavy atom. The van der Waals surface area contributed by atoms with Crippen LogP contribution >= 0.6 is 8.53 Å². The summed E-state index contributed by atoms with van der Waals surface area (Å²) in [6, 6.07) is 0. The maximum Gasteiger partial charge on any atom is 0.258 e. The van der Waals surface area contributed by atoms with Crippen LogP contribution in [-0.2, 0) is 9.05 Å². The van der Waals surface area contributed by atoms with Gasteiger partial charge in [0.15, 0.2) is 0 Å². The molecular formula is C8H18NO2P. The molecule has 0 aromatic heterocycles. The van der Waals surface area contributed by atoms with Crippen molar-refractivity contribution in [3.63, 3.8) is 0 Å². The molecule has 0 unspecified atom stereocenters. The van der Waals surface area contributed by atoms with E-state index in [-0.39, 0.29) is 5.60 Å². The fourth-order valence-electron chi connectivity index (χ4n) is 1.33. The first-order valence-corrected chi connectivity index (χ1v) is 5.37. The SMILES string of the molecule is C[C@@H]1CC(C)(C)O[P@@](N(C)C)O1. The van der Waals surface area contributed by atoms with Crippen molar-refractivity contribution < 1.29 is 9.05 Å². The summed E-state index contributed by atoms with van der Waals surface area (Å²) in [4.78, 5) is 0. The number of hydrogen-bond donors (Lipinski definition) is 0. The van der Waals surface area contributed by atoms with Gasteiger partial charge in [-0.3, -0.25) is 0 Å². The Morgan fingerprint density at radius 2 is 2.00 bits per heavy atom. The van der Waals surface area contributed by atoms with E-state index in [9.17, 15) is 0 Å². The molecule has 0 radical (unpaired) electrons. The van der Waals surface area contributed by atoms with Gasteiger partial charge in [0.1, 0.15) is 0 Å². The highest BCUT2D eigenvalue weighted by Crippen LogP contribution is 2.51. The molecule has 1 aliphatic rings. The van der Waals surface area contributed by atoms with E-state index in [4.69, 9.17) is 9.05 Å². The van der Waals surface area contributed by atoms with E-state index in [1.165, 1.54) is 0 Å². The summed E-state index contributed by atoms with van der Waals surface area (Å²) < 4.78 is 13.4. The summed E-state index contributed by atoms with van der Waals surface area (Å²) in [5, 5.41) is 0. The van der Waals surface area contributed by atoms with Crippen LogP contribution in [0.3, 0.4) is 0 Å². The lowest BCUT2D eigenvalue weighted by Crippen LogP contribution is -2.35. The molecule has 1 saturated heterocycles. The minimum Gasteiger partial charge on any atom is -0.319 e.